The molecular weight excluding hydrogens is 247 g/mol. The third-order valence-corrected chi connectivity index (χ3v) is 9.03. The molecule has 0 spiro atoms. The zero-order chi connectivity index (χ0) is 14.0. The van der Waals surface area contributed by atoms with Gasteiger partial charge in [0.25, 0.3) is 0 Å². The summed E-state index contributed by atoms with van der Waals surface area (Å²) in [5.74, 6) is 0. The third-order valence-electron chi connectivity index (χ3n) is 4.12. The maximum Gasteiger partial charge on any atom is 0.0939 e. The zero-order valence-electron chi connectivity index (χ0n) is 13.2. The van der Waals surface area contributed by atoms with E-state index >= 15 is 0 Å². The monoisotopic (exact) mass is 279 g/mol. The van der Waals surface area contributed by atoms with E-state index in [1.807, 2.05) is 0 Å². The average molecular weight is 279 g/mol. The number of rotatable bonds is 10. The van der Waals surface area contributed by atoms with Crippen LogP contribution in [0.4, 0.5) is 0 Å². The van der Waals surface area contributed by atoms with Crippen LogP contribution in [-0.4, -0.2) is 18.5 Å². The van der Waals surface area contributed by atoms with Crippen LogP contribution in [0.25, 0.3) is 0 Å². The quantitative estimate of drug-likeness (QED) is 0.480. The molecule has 1 heteroatoms. The molecule has 0 heterocycles. The molecule has 0 aliphatic rings. The van der Waals surface area contributed by atoms with Gasteiger partial charge in [-0.05, 0) is 31.4 Å². The molecule has 1 rings (SSSR count). The molecule has 0 bridgehead atoms. The van der Waals surface area contributed by atoms with Crippen LogP contribution in [0, 0.1) is 0 Å². The minimum atomic E-state index is -0.898. The predicted molar refractivity (Wildman–Crippen MR) is 92.3 cm³/mol. The normalized spacial score (nSPS) is 11.7. The van der Waals surface area contributed by atoms with Crippen LogP contribution >= 0.6 is 7.26 Å². The highest BCUT2D eigenvalue weighted by atomic mass is 31.2. The number of unbranched alkanes of at least 4 members (excludes halogenated alkanes) is 3. The zero-order valence-corrected chi connectivity index (χ0v) is 14.1. The Bertz CT molecular complexity index is 296. The van der Waals surface area contributed by atoms with E-state index in [0.29, 0.717) is 0 Å². The first kappa shape index (κ1) is 16.7. The number of hydrogen-bond donors (Lipinski definition) is 0. The topological polar surface area (TPSA) is 0 Å². The van der Waals surface area contributed by atoms with E-state index in [4.69, 9.17) is 0 Å². The summed E-state index contributed by atoms with van der Waals surface area (Å²) < 4.78 is 0. The van der Waals surface area contributed by atoms with Gasteiger partial charge in [0.15, 0.2) is 0 Å². The maximum atomic E-state index is 2.41. The summed E-state index contributed by atoms with van der Waals surface area (Å²) in [6.07, 6.45) is 12.7. The lowest BCUT2D eigenvalue weighted by Gasteiger charge is -2.27. The molecule has 0 saturated heterocycles. The summed E-state index contributed by atoms with van der Waals surface area (Å²) in [4.78, 5) is 0. The first-order valence-electron chi connectivity index (χ1n) is 8.20. The Morgan fingerprint density at radius 2 is 1.11 bits per heavy atom. The van der Waals surface area contributed by atoms with Crippen molar-refractivity contribution in [1.29, 1.82) is 0 Å². The molecule has 0 aliphatic heterocycles. The van der Waals surface area contributed by atoms with Crippen LogP contribution in [0.1, 0.15) is 59.3 Å². The second-order valence-corrected chi connectivity index (χ2v) is 9.86. The van der Waals surface area contributed by atoms with Crippen molar-refractivity contribution in [2.75, 3.05) is 18.5 Å². The van der Waals surface area contributed by atoms with Crippen molar-refractivity contribution in [3.8, 4) is 0 Å². The molecule has 0 N–H and O–H groups in total. The highest BCUT2D eigenvalue weighted by Gasteiger charge is 2.37. The lowest BCUT2D eigenvalue weighted by Crippen LogP contribution is -2.20. The molecule has 0 radical (unpaired) electrons. The molecule has 0 amide bonds. The molecule has 19 heavy (non-hydrogen) atoms. The van der Waals surface area contributed by atoms with Crippen molar-refractivity contribution in [3.63, 3.8) is 0 Å². The van der Waals surface area contributed by atoms with E-state index in [2.05, 4.69) is 51.1 Å². The van der Waals surface area contributed by atoms with Crippen molar-refractivity contribution in [1.82, 2.24) is 0 Å². The van der Waals surface area contributed by atoms with Crippen molar-refractivity contribution in [2.45, 2.75) is 59.3 Å². The summed E-state index contributed by atoms with van der Waals surface area (Å²) >= 11 is 0. The minimum Gasteiger partial charge on any atom is -0.0652 e. The van der Waals surface area contributed by atoms with Gasteiger partial charge in [0.1, 0.15) is 0 Å². The van der Waals surface area contributed by atoms with E-state index in [1.54, 1.807) is 5.30 Å². The molecule has 0 aromatic heterocycles. The molecule has 0 atom stereocenters. The van der Waals surface area contributed by atoms with Gasteiger partial charge in [-0.15, -0.1) is 0 Å². The van der Waals surface area contributed by atoms with Crippen LogP contribution in [0.15, 0.2) is 30.3 Å². The molecule has 0 unspecified atom stereocenters. The first-order valence-corrected chi connectivity index (χ1v) is 10.5. The third kappa shape index (κ3) is 5.27. The molecule has 0 saturated carbocycles. The Kier molecular flexibility index (Phi) is 8.38. The van der Waals surface area contributed by atoms with Gasteiger partial charge in [0.05, 0.1) is 23.8 Å². The Hall–Kier alpha value is -0.350. The highest BCUT2D eigenvalue weighted by Crippen LogP contribution is 2.59. The average Bonchev–Trinajstić information content (AvgIpc) is 2.48. The maximum absolute atomic E-state index is 2.41. The van der Waals surface area contributed by atoms with E-state index in [0.717, 1.165) is 0 Å². The van der Waals surface area contributed by atoms with Crippen LogP contribution in [0.3, 0.4) is 0 Å². The summed E-state index contributed by atoms with van der Waals surface area (Å²) in [5, 5.41) is 1.70. The summed E-state index contributed by atoms with van der Waals surface area (Å²) in [6, 6.07) is 11.5. The van der Waals surface area contributed by atoms with Crippen molar-refractivity contribution in [2.24, 2.45) is 0 Å². The molecule has 1 aromatic rings. The number of hydrogen-bond acceptors (Lipinski definition) is 0. The second kappa shape index (κ2) is 9.54. The molecule has 108 valence electrons. The van der Waals surface area contributed by atoms with Crippen molar-refractivity contribution >= 4 is 12.6 Å². The van der Waals surface area contributed by atoms with Gasteiger partial charge >= 0.3 is 0 Å². The molecule has 0 nitrogen and oxygen atoms in total. The van der Waals surface area contributed by atoms with E-state index in [-0.39, 0.29) is 0 Å². The summed E-state index contributed by atoms with van der Waals surface area (Å²) in [7, 11) is -0.898. The highest BCUT2D eigenvalue weighted by molar-refractivity contribution is 7.82. The standard InChI is InChI=1S/C18H32P/c1-4-7-15-19(16-8-5-2,17-9-6-3)18-13-11-10-12-14-18/h10-14H,4-9,15-17H2,1-3H3/q+1. The lowest BCUT2D eigenvalue weighted by atomic mass is 10.4. The Morgan fingerprint density at radius 1 is 0.684 bits per heavy atom. The van der Waals surface area contributed by atoms with Gasteiger partial charge in [-0.3, -0.25) is 0 Å². The smallest absolute Gasteiger partial charge is 0.0652 e. The second-order valence-electron chi connectivity index (χ2n) is 5.71. The Labute approximate surface area is 121 Å². The van der Waals surface area contributed by atoms with Crippen molar-refractivity contribution in [3.05, 3.63) is 30.3 Å². The van der Waals surface area contributed by atoms with Gasteiger partial charge in [-0.25, -0.2) is 0 Å². The molecule has 1 aromatic carbocycles. The summed E-state index contributed by atoms with van der Waals surface area (Å²) in [5.41, 5.74) is 0. The van der Waals surface area contributed by atoms with Gasteiger partial charge in [-0.2, -0.15) is 0 Å². The van der Waals surface area contributed by atoms with E-state index in [1.165, 1.54) is 57.0 Å². The van der Waals surface area contributed by atoms with Crippen LogP contribution in [-0.2, 0) is 0 Å². The van der Waals surface area contributed by atoms with Gasteiger partial charge in [-0.1, -0.05) is 58.2 Å². The van der Waals surface area contributed by atoms with Gasteiger partial charge in [0.2, 0.25) is 0 Å². The molecular formula is C18H32P+. The molecule has 0 aliphatic carbocycles. The molecule has 0 fully saturated rings. The number of benzene rings is 1. The van der Waals surface area contributed by atoms with Crippen LogP contribution in [0.5, 0.6) is 0 Å². The predicted octanol–water partition coefficient (Wildman–Crippen LogP) is 5.73. The Morgan fingerprint density at radius 3 is 1.47 bits per heavy atom. The van der Waals surface area contributed by atoms with Crippen LogP contribution in [0.2, 0.25) is 0 Å². The van der Waals surface area contributed by atoms with Crippen molar-refractivity contribution < 1.29 is 0 Å². The fourth-order valence-corrected chi connectivity index (χ4v) is 7.86. The fraction of sp³-hybridized carbons (Fsp3) is 0.667. The fourth-order valence-electron chi connectivity index (χ4n) is 2.85. The minimum absolute atomic E-state index is 0.898. The van der Waals surface area contributed by atoms with Crippen LogP contribution < -0.4 is 5.30 Å². The first-order chi connectivity index (χ1) is 9.29. The van der Waals surface area contributed by atoms with E-state index < -0.39 is 7.26 Å². The summed E-state index contributed by atoms with van der Waals surface area (Å²) in [6.45, 7) is 7.00. The van der Waals surface area contributed by atoms with Gasteiger partial charge < -0.3 is 0 Å². The Balaban J connectivity index is 2.94. The largest absolute Gasteiger partial charge is 0.0939 e. The SMILES string of the molecule is CCCC[P+](CCCC)(CCCC)c1ccccc1. The van der Waals surface area contributed by atoms with E-state index in [9.17, 15) is 0 Å². The lowest BCUT2D eigenvalue weighted by molar-refractivity contribution is 0.841. The van der Waals surface area contributed by atoms with Gasteiger partial charge in [0, 0.05) is 7.26 Å².